The topological polar surface area (TPSA) is 95.7 Å². The molecule has 0 aliphatic carbocycles. The monoisotopic (exact) mass is 270 g/mol. The molecule has 0 aromatic rings. The Kier molecular flexibility index (Phi) is 5.91. The van der Waals surface area contributed by atoms with Crippen molar-refractivity contribution in [2.75, 3.05) is 33.2 Å². The maximum Gasteiger partial charge on any atom is 0.243 e. The van der Waals surface area contributed by atoms with Crippen molar-refractivity contribution >= 4 is 17.7 Å². The number of amides is 3. The van der Waals surface area contributed by atoms with Gasteiger partial charge >= 0.3 is 0 Å². The van der Waals surface area contributed by atoms with Gasteiger partial charge in [-0.2, -0.15) is 0 Å². The molecule has 1 rings (SSSR count). The first-order chi connectivity index (χ1) is 8.95. The molecule has 0 bridgehead atoms. The fraction of sp³-hybridized carbons (Fsp3) is 0.750. The first-order valence-electron chi connectivity index (χ1n) is 6.47. The summed E-state index contributed by atoms with van der Waals surface area (Å²) in [6.07, 6.45) is 1.06. The van der Waals surface area contributed by atoms with Gasteiger partial charge in [-0.3, -0.25) is 24.6 Å². The zero-order valence-electron chi connectivity index (χ0n) is 11.5. The normalized spacial score (nSPS) is 20.3. The van der Waals surface area contributed by atoms with Crippen LogP contribution in [0.2, 0.25) is 0 Å². The van der Waals surface area contributed by atoms with Gasteiger partial charge in [-0.25, -0.2) is 0 Å². The van der Waals surface area contributed by atoms with Gasteiger partial charge in [0.1, 0.15) is 0 Å². The molecule has 0 aromatic heterocycles. The van der Waals surface area contributed by atoms with E-state index in [0.717, 1.165) is 6.42 Å². The van der Waals surface area contributed by atoms with Gasteiger partial charge in [-0.1, -0.05) is 0 Å². The number of imide groups is 1. The highest BCUT2D eigenvalue weighted by atomic mass is 16.2. The molecule has 0 saturated carbocycles. The van der Waals surface area contributed by atoms with Crippen LogP contribution in [-0.4, -0.2) is 66.8 Å². The fourth-order valence-corrected chi connectivity index (χ4v) is 1.92. The lowest BCUT2D eigenvalue weighted by Gasteiger charge is -2.31. The molecule has 1 heterocycles. The summed E-state index contributed by atoms with van der Waals surface area (Å²) in [6, 6.07) is -0.375. The van der Waals surface area contributed by atoms with Crippen LogP contribution < -0.4 is 11.1 Å². The summed E-state index contributed by atoms with van der Waals surface area (Å²) < 4.78 is 0. The molecule has 19 heavy (non-hydrogen) atoms. The van der Waals surface area contributed by atoms with Crippen molar-refractivity contribution in [3.8, 4) is 0 Å². The van der Waals surface area contributed by atoms with Crippen molar-refractivity contribution in [1.29, 1.82) is 0 Å². The number of nitrogens with one attached hydrogen (secondary N) is 1. The average molecular weight is 270 g/mol. The van der Waals surface area contributed by atoms with E-state index in [1.165, 1.54) is 0 Å². The number of nitrogens with two attached hydrogens (primary N) is 1. The summed E-state index contributed by atoms with van der Waals surface area (Å²) in [4.78, 5) is 37.9. The van der Waals surface area contributed by atoms with Crippen LogP contribution >= 0.6 is 0 Å². The maximum absolute atomic E-state index is 11.8. The van der Waals surface area contributed by atoms with E-state index in [1.54, 1.807) is 23.8 Å². The molecular weight excluding hydrogens is 248 g/mol. The largest absolute Gasteiger partial charge is 0.346 e. The van der Waals surface area contributed by atoms with E-state index >= 15 is 0 Å². The molecule has 1 fully saturated rings. The molecule has 1 atom stereocenters. The third kappa shape index (κ3) is 4.60. The molecule has 3 N–H and O–H groups in total. The van der Waals surface area contributed by atoms with Crippen LogP contribution in [0.1, 0.15) is 19.8 Å². The smallest absolute Gasteiger partial charge is 0.243 e. The zero-order valence-corrected chi connectivity index (χ0v) is 11.5. The maximum atomic E-state index is 11.8. The Morgan fingerprint density at radius 2 is 2.21 bits per heavy atom. The summed E-state index contributed by atoms with van der Waals surface area (Å²) >= 11 is 0. The first kappa shape index (κ1) is 15.6. The molecule has 1 aliphatic rings. The summed E-state index contributed by atoms with van der Waals surface area (Å²) in [5, 5.41) is 2.27. The number of nitrogens with zero attached hydrogens (tertiary/aromatic N) is 2. The Hall–Kier alpha value is -1.47. The van der Waals surface area contributed by atoms with E-state index in [9.17, 15) is 14.4 Å². The lowest BCUT2D eigenvalue weighted by molar-refractivity contribution is -0.141. The number of carbonyl (C=O) groups is 3. The number of carbonyl (C=O) groups excluding carboxylic acids is 3. The molecule has 3 amide bonds. The zero-order chi connectivity index (χ0) is 14.4. The van der Waals surface area contributed by atoms with E-state index in [0.29, 0.717) is 26.1 Å². The van der Waals surface area contributed by atoms with E-state index in [-0.39, 0.29) is 30.3 Å². The summed E-state index contributed by atoms with van der Waals surface area (Å²) in [5.74, 6) is -0.619. The van der Waals surface area contributed by atoms with Gasteiger partial charge < -0.3 is 10.6 Å². The van der Waals surface area contributed by atoms with Crippen LogP contribution in [0, 0.1) is 0 Å². The van der Waals surface area contributed by atoms with Crippen LogP contribution in [0.25, 0.3) is 0 Å². The standard InChI is InChI=1S/C12H22N4O3/c1-9-12(19)14-10(17)8-16(9)7-4-11(18)15(2)6-3-5-13/h9H,3-8,13H2,1-2H3,(H,14,17,19). The van der Waals surface area contributed by atoms with E-state index in [2.05, 4.69) is 5.32 Å². The third-order valence-electron chi connectivity index (χ3n) is 3.27. The Morgan fingerprint density at radius 1 is 1.53 bits per heavy atom. The predicted molar refractivity (Wildman–Crippen MR) is 70.1 cm³/mol. The number of hydrogen-bond acceptors (Lipinski definition) is 5. The van der Waals surface area contributed by atoms with Gasteiger partial charge in [0.25, 0.3) is 0 Å². The molecule has 108 valence electrons. The summed E-state index contributed by atoms with van der Waals surface area (Å²) in [5.41, 5.74) is 5.39. The van der Waals surface area contributed by atoms with Gasteiger partial charge in [0, 0.05) is 26.6 Å². The van der Waals surface area contributed by atoms with E-state index < -0.39 is 0 Å². The molecule has 0 spiro atoms. The number of hydrogen-bond donors (Lipinski definition) is 2. The summed E-state index contributed by atoms with van der Waals surface area (Å²) in [6.45, 7) is 3.48. The summed E-state index contributed by atoms with van der Waals surface area (Å²) in [7, 11) is 1.73. The van der Waals surface area contributed by atoms with Crippen LogP contribution in [0.3, 0.4) is 0 Å². The van der Waals surface area contributed by atoms with Gasteiger partial charge in [0.15, 0.2) is 0 Å². The molecule has 0 aromatic carbocycles. The lowest BCUT2D eigenvalue weighted by Crippen LogP contribution is -2.57. The molecule has 0 radical (unpaired) electrons. The van der Waals surface area contributed by atoms with Gasteiger partial charge in [0.05, 0.1) is 12.6 Å². The number of rotatable bonds is 6. The van der Waals surface area contributed by atoms with Crippen molar-refractivity contribution in [2.24, 2.45) is 5.73 Å². The minimum absolute atomic E-state index is 0.000851. The van der Waals surface area contributed by atoms with Gasteiger partial charge in [0.2, 0.25) is 17.7 Å². The minimum Gasteiger partial charge on any atom is -0.346 e. The lowest BCUT2D eigenvalue weighted by atomic mass is 10.2. The molecule has 7 nitrogen and oxygen atoms in total. The van der Waals surface area contributed by atoms with Crippen LogP contribution in [0.5, 0.6) is 0 Å². The Morgan fingerprint density at radius 3 is 2.84 bits per heavy atom. The highest BCUT2D eigenvalue weighted by Crippen LogP contribution is 2.06. The minimum atomic E-state index is -0.375. The average Bonchev–Trinajstić information content (AvgIpc) is 2.37. The second-order valence-electron chi connectivity index (χ2n) is 4.77. The van der Waals surface area contributed by atoms with Crippen LogP contribution in [0.4, 0.5) is 0 Å². The molecule has 1 aliphatic heterocycles. The molecule has 7 heteroatoms. The van der Waals surface area contributed by atoms with Crippen LogP contribution in [-0.2, 0) is 14.4 Å². The van der Waals surface area contributed by atoms with E-state index in [4.69, 9.17) is 5.73 Å². The number of piperazine rings is 1. The van der Waals surface area contributed by atoms with Crippen LogP contribution in [0.15, 0.2) is 0 Å². The SMILES string of the molecule is CC1C(=O)NC(=O)CN1CCC(=O)N(C)CCCN. The highest BCUT2D eigenvalue weighted by molar-refractivity contribution is 6.00. The van der Waals surface area contributed by atoms with Crippen molar-refractivity contribution < 1.29 is 14.4 Å². The van der Waals surface area contributed by atoms with Gasteiger partial charge in [-0.05, 0) is 19.9 Å². The highest BCUT2D eigenvalue weighted by Gasteiger charge is 2.30. The van der Waals surface area contributed by atoms with Crippen molar-refractivity contribution in [1.82, 2.24) is 15.1 Å². The van der Waals surface area contributed by atoms with Crippen molar-refractivity contribution in [2.45, 2.75) is 25.8 Å². The Balaban J connectivity index is 2.40. The Labute approximate surface area is 113 Å². The molecule has 1 unspecified atom stereocenters. The Bertz CT molecular complexity index is 359. The van der Waals surface area contributed by atoms with E-state index in [1.807, 2.05) is 0 Å². The van der Waals surface area contributed by atoms with Gasteiger partial charge in [-0.15, -0.1) is 0 Å². The van der Waals surface area contributed by atoms with Crippen molar-refractivity contribution in [3.63, 3.8) is 0 Å². The first-order valence-corrected chi connectivity index (χ1v) is 6.47. The fourth-order valence-electron chi connectivity index (χ4n) is 1.92. The third-order valence-corrected chi connectivity index (χ3v) is 3.27. The predicted octanol–water partition coefficient (Wildman–Crippen LogP) is -1.47. The molecule has 1 saturated heterocycles. The van der Waals surface area contributed by atoms with Crippen molar-refractivity contribution in [3.05, 3.63) is 0 Å². The second kappa shape index (κ2) is 7.20. The quantitative estimate of drug-likeness (QED) is 0.575. The molecular formula is C12H22N4O3. The second-order valence-corrected chi connectivity index (χ2v) is 4.77.